The minimum Gasteiger partial charge on any atom is -0.368 e. The van der Waals surface area contributed by atoms with Gasteiger partial charge in [-0.1, -0.05) is 11.6 Å². The Labute approximate surface area is 109 Å². The van der Waals surface area contributed by atoms with Crippen molar-refractivity contribution in [2.45, 2.75) is 18.9 Å². The number of likely N-dealkylation sites (tertiary alicyclic amines) is 1. The highest BCUT2D eigenvalue weighted by Crippen LogP contribution is 2.24. The van der Waals surface area contributed by atoms with Crippen LogP contribution in [0.4, 0.5) is 4.39 Å². The maximum absolute atomic E-state index is 12.9. The predicted octanol–water partition coefficient (Wildman–Crippen LogP) is 1.57. The van der Waals surface area contributed by atoms with Crippen molar-refractivity contribution in [2.24, 2.45) is 5.73 Å². The van der Waals surface area contributed by atoms with E-state index >= 15 is 0 Å². The number of benzene rings is 1. The first-order valence-electron chi connectivity index (χ1n) is 5.56. The maximum atomic E-state index is 12.9. The molecule has 2 rings (SSSR count). The monoisotopic (exact) mass is 270 g/mol. The van der Waals surface area contributed by atoms with Crippen LogP contribution in [0, 0.1) is 5.82 Å². The van der Waals surface area contributed by atoms with Gasteiger partial charge in [-0.15, -0.1) is 0 Å². The van der Waals surface area contributed by atoms with Gasteiger partial charge in [0, 0.05) is 6.54 Å². The van der Waals surface area contributed by atoms with Crippen LogP contribution in [0.25, 0.3) is 0 Å². The third kappa shape index (κ3) is 2.31. The molecule has 1 fully saturated rings. The van der Waals surface area contributed by atoms with Crippen molar-refractivity contribution in [1.29, 1.82) is 0 Å². The second-order valence-corrected chi connectivity index (χ2v) is 4.59. The maximum Gasteiger partial charge on any atom is 0.256 e. The Kier molecular flexibility index (Phi) is 3.52. The van der Waals surface area contributed by atoms with Crippen LogP contribution in [0.3, 0.4) is 0 Å². The van der Waals surface area contributed by atoms with Crippen molar-refractivity contribution in [3.8, 4) is 0 Å². The molecule has 4 nitrogen and oxygen atoms in total. The van der Waals surface area contributed by atoms with Crippen LogP contribution < -0.4 is 5.73 Å². The largest absolute Gasteiger partial charge is 0.368 e. The van der Waals surface area contributed by atoms with Crippen LogP contribution in [-0.2, 0) is 4.79 Å². The molecule has 2 N–H and O–H groups in total. The van der Waals surface area contributed by atoms with Gasteiger partial charge in [-0.2, -0.15) is 0 Å². The summed E-state index contributed by atoms with van der Waals surface area (Å²) >= 11 is 5.83. The fraction of sp³-hybridized carbons (Fsp3) is 0.333. The van der Waals surface area contributed by atoms with Gasteiger partial charge in [0.05, 0.1) is 10.6 Å². The highest BCUT2D eigenvalue weighted by molar-refractivity contribution is 6.33. The van der Waals surface area contributed by atoms with Gasteiger partial charge < -0.3 is 10.6 Å². The quantitative estimate of drug-likeness (QED) is 0.887. The van der Waals surface area contributed by atoms with Crippen molar-refractivity contribution >= 4 is 23.4 Å². The predicted molar refractivity (Wildman–Crippen MR) is 64.7 cm³/mol. The van der Waals surface area contributed by atoms with Crippen LogP contribution in [0.1, 0.15) is 23.2 Å². The number of amides is 2. The molecule has 0 aromatic heterocycles. The van der Waals surface area contributed by atoms with E-state index in [2.05, 4.69) is 0 Å². The molecule has 1 aliphatic heterocycles. The fourth-order valence-electron chi connectivity index (χ4n) is 2.12. The Hall–Kier alpha value is -1.62. The average Bonchev–Trinajstić information content (AvgIpc) is 2.77. The zero-order valence-corrected chi connectivity index (χ0v) is 10.3. The van der Waals surface area contributed by atoms with Crippen LogP contribution in [-0.4, -0.2) is 29.3 Å². The van der Waals surface area contributed by atoms with Crippen molar-refractivity contribution < 1.29 is 14.0 Å². The van der Waals surface area contributed by atoms with Gasteiger partial charge in [0.15, 0.2) is 0 Å². The highest BCUT2D eigenvalue weighted by Gasteiger charge is 2.33. The molecule has 96 valence electrons. The van der Waals surface area contributed by atoms with Crippen molar-refractivity contribution in [2.75, 3.05) is 6.54 Å². The molecular weight excluding hydrogens is 259 g/mol. The molecule has 1 heterocycles. The first-order chi connectivity index (χ1) is 8.50. The van der Waals surface area contributed by atoms with E-state index in [4.69, 9.17) is 17.3 Å². The van der Waals surface area contributed by atoms with Gasteiger partial charge >= 0.3 is 0 Å². The average molecular weight is 271 g/mol. The normalized spacial score (nSPS) is 19.0. The summed E-state index contributed by atoms with van der Waals surface area (Å²) in [6.45, 7) is 0.458. The van der Waals surface area contributed by atoms with Gasteiger partial charge in [0.25, 0.3) is 5.91 Å². The van der Waals surface area contributed by atoms with Gasteiger partial charge in [-0.05, 0) is 31.0 Å². The third-order valence-corrected chi connectivity index (χ3v) is 3.32. The molecule has 6 heteroatoms. The molecular formula is C12H12ClFN2O2. The lowest BCUT2D eigenvalue weighted by Gasteiger charge is -2.22. The SMILES string of the molecule is NC(=O)C1CCCN1C(=O)c1ccc(F)cc1Cl. The molecule has 18 heavy (non-hydrogen) atoms. The minimum atomic E-state index is -0.599. The number of halogens is 2. The molecule has 2 amide bonds. The van der Waals surface area contributed by atoms with E-state index in [9.17, 15) is 14.0 Å². The summed E-state index contributed by atoms with van der Waals surface area (Å²) < 4.78 is 12.9. The summed E-state index contributed by atoms with van der Waals surface area (Å²) in [7, 11) is 0. The molecule has 0 saturated carbocycles. The molecule has 1 aliphatic rings. The molecule has 0 radical (unpaired) electrons. The second kappa shape index (κ2) is 4.94. The van der Waals surface area contributed by atoms with E-state index in [1.165, 1.54) is 11.0 Å². The van der Waals surface area contributed by atoms with Crippen molar-refractivity contribution in [3.05, 3.63) is 34.6 Å². The zero-order valence-electron chi connectivity index (χ0n) is 9.53. The van der Waals surface area contributed by atoms with E-state index in [0.29, 0.717) is 13.0 Å². The topological polar surface area (TPSA) is 63.4 Å². The van der Waals surface area contributed by atoms with Crippen molar-refractivity contribution in [1.82, 2.24) is 4.90 Å². The molecule has 0 spiro atoms. The number of primary amides is 1. The van der Waals surface area contributed by atoms with E-state index in [1.807, 2.05) is 0 Å². The first kappa shape index (κ1) is 12.8. The van der Waals surface area contributed by atoms with Crippen LogP contribution in [0.15, 0.2) is 18.2 Å². The lowest BCUT2D eigenvalue weighted by Crippen LogP contribution is -2.43. The first-order valence-corrected chi connectivity index (χ1v) is 5.94. The van der Waals surface area contributed by atoms with Gasteiger partial charge in [0.2, 0.25) is 5.91 Å². The number of hydrogen-bond donors (Lipinski definition) is 1. The molecule has 1 saturated heterocycles. The molecule has 1 atom stereocenters. The number of hydrogen-bond acceptors (Lipinski definition) is 2. The number of nitrogens with two attached hydrogens (primary N) is 1. The summed E-state index contributed by atoms with van der Waals surface area (Å²) in [4.78, 5) is 24.8. The van der Waals surface area contributed by atoms with Gasteiger partial charge in [0.1, 0.15) is 11.9 Å². The third-order valence-electron chi connectivity index (χ3n) is 3.00. The summed E-state index contributed by atoms with van der Waals surface area (Å²) in [5.74, 6) is -1.43. The number of nitrogens with zero attached hydrogens (tertiary/aromatic N) is 1. The van der Waals surface area contributed by atoms with E-state index < -0.39 is 17.8 Å². The van der Waals surface area contributed by atoms with Gasteiger partial charge in [-0.25, -0.2) is 4.39 Å². The van der Waals surface area contributed by atoms with E-state index in [1.54, 1.807) is 0 Å². The Balaban J connectivity index is 2.28. The summed E-state index contributed by atoms with van der Waals surface area (Å²) in [5.41, 5.74) is 5.43. The molecule has 1 aromatic rings. The highest BCUT2D eigenvalue weighted by atomic mass is 35.5. The standard InChI is InChI=1S/C12H12ClFN2O2/c13-9-6-7(14)3-4-8(9)12(18)16-5-1-2-10(16)11(15)17/h3-4,6,10H,1-2,5H2,(H2,15,17). The van der Waals surface area contributed by atoms with Gasteiger partial charge in [-0.3, -0.25) is 9.59 Å². The van der Waals surface area contributed by atoms with Crippen LogP contribution in [0.5, 0.6) is 0 Å². The summed E-state index contributed by atoms with van der Waals surface area (Å²) in [6.07, 6.45) is 1.28. The minimum absolute atomic E-state index is 0.0371. The number of rotatable bonds is 2. The number of carbonyl (C=O) groups is 2. The molecule has 0 aliphatic carbocycles. The Bertz CT molecular complexity index is 507. The lowest BCUT2D eigenvalue weighted by atomic mass is 10.1. The smallest absolute Gasteiger partial charge is 0.256 e. The second-order valence-electron chi connectivity index (χ2n) is 4.18. The molecule has 1 unspecified atom stereocenters. The fourth-order valence-corrected chi connectivity index (χ4v) is 2.37. The molecule has 1 aromatic carbocycles. The Morgan fingerprint density at radius 2 is 2.17 bits per heavy atom. The lowest BCUT2D eigenvalue weighted by molar-refractivity contribution is -0.121. The number of carbonyl (C=O) groups excluding carboxylic acids is 2. The van der Waals surface area contributed by atoms with E-state index in [0.717, 1.165) is 18.6 Å². The molecule has 0 bridgehead atoms. The summed E-state index contributed by atoms with van der Waals surface area (Å²) in [6, 6.07) is 2.95. The van der Waals surface area contributed by atoms with E-state index in [-0.39, 0.29) is 16.5 Å². The van der Waals surface area contributed by atoms with Crippen LogP contribution >= 0.6 is 11.6 Å². The summed E-state index contributed by atoms with van der Waals surface area (Å²) in [5, 5.41) is 0.0371. The van der Waals surface area contributed by atoms with Crippen molar-refractivity contribution in [3.63, 3.8) is 0 Å². The Morgan fingerprint density at radius 3 is 2.78 bits per heavy atom. The van der Waals surface area contributed by atoms with Crippen LogP contribution in [0.2, 0.25) is 5.02 Å². The Morgan fingerprint density at radius 1 is 1.44 bits per heavy atom. The zero-order chi connectivity index (χ0) is 13.3.